The Kier molecular flexibility index (Phi) is 3.60. The van der Waals surface area contributed by atoms with Crippen molar-refractivity contribution in [2.45, 2.75) is 39.0 Å². The van der Waals surface area contributed by atoms with E-state index < -0.39 is 0 Å². The molecule has 0 aromatic carbocycles. The third-order valence-electron chi connectivity index (χ3n) is 1.91. The first-order valence-corrected chi connectivity index (χ1v) is 5.61. The van der Waals surface area contributed by atoms with Gasteiger partial charge < -0.3 is 0 Å². The Hall–Kier alpha value is -0.0100. The van der Waals surface area contributed by atoms with Crippen LogP contribution in [0.4, 0.5) is 0 Å². The summed E-state index contributed by atoms with van der Waals surface area (Å²) >= 11 is 8.07. The van der Waals surface area contributed by atoms with Crippen LogP contribution in [0, 0.1) is 13.8 Å². The molecular formula is C10H15ClS. The molecule has 68 valence electrons. The fraction of sp³-hybridized carbons (Fsp3) is 0.600. The van der Waals surface area contributed by atoms with Crippen molar-refractivity contribution in [1.82, 2.24) is 0 Å². The SMILES string of the molecule is CCCC(Cl)c1sc(C)cc1C. The van der Waals surface area contributed by atoms with Gasteiger partial charge in [-0.25, -0.2) is 0 Å². The molecule has 1 atom stereocenters. The van der Waals surface area contributed by atoms with Gasteiger partial charge in [-0.3, -0.25) is 0 Å². The van der Waals surface area contributed by atoms with Crippen LogP contribution in [-0.2, 0) is 0 Å². The predicted molar refractivity (Wildman–Crippen MR) is 57.3 cm³/mol. The highest BCUT2D eigenvalue weighted by Gasteiger charge is 2.11. The van der Waals surface area contributed by atoms with Crippen molar-refractivity contribution < 1.29 is 0 Å². The van der Waals surface area contributed by atoms with Gasteiger partial charge in [-0.15, -0.1) is 22.9 Å². The van der Waals surface area contributed by atoms with E-state index in [2.05, 4.69) is 26.8 Å². The molecule has 1 unspecified atom stereocenters. The van der Waals surface area contributed by atoms with Crippen LogP contribution in [-0.4, -0.2) is 0 Å². The highest BCUT2D eigenvalue weighted by atomic mass is 35.5. The third kappa shape index (κ3) is 2.24. The van der Waals surface area contributed by atoms with Gasteiger partial charge >= 0.3 is 0 Å². The van der Waals surface area contributed by atoms with E-state index in [1.165, 1.54) is 15.3 Å². The summed E-state index contributed by atoms with van der Waals surface area (Å²) < 4.78 is 0. The Balaban J connectivity index is 2.79. The van der Waals surface area contributed by atoms with Crippen molar-refractivity contribution in [3.63, 3.8) is 0 Å². The third-order valence-corrected chi connectivity index (χ3v) is 3.74. The fourth-order valence-corrected chi connectivity index (χ4v) is 2.93. The first-order valence-electron chi connectivity index (χ1n) is 4.36. The van der Waals surface area contributed by atoms with Crippen molar-refractivity contribution >= 4 is 22.9 Å². The van der Waals surface area contributed by atoms with Gasteiger partial charge in [0.25, 0.3) is 0 Å². The van der Waals surface area contributed by atoms with Crippen LogP contribution in [0.15, 0.2) is 6.07 Å². The molecule has 12 heavy (non-hydrogen) atoms. The molecule has 0 spiro atoms. The van der Waals surface area contributed by atoms with Gasteiger partial charge in [-0.2, -0.15) is 0 Å². The monoisotopic (exact) mass is 202 g/mol. The van der Waals surface area contributed by atoms with Crippen LogP contribution in [0.2, 0.25) is 0 Å². The summed E-state index contributed by atoms with van der Waals surface area (Å²) in [4.78, 5) is 2.72. The van der Waals surface area contributed by atoms with Gasteiger partial charge in [0.05, 0.1) is 5.38 Å². The summed E-state index contributed by atoms with van der Waals surface area (Å²) in [6, 6.07) is 2.21. The maximum absolute atomic E-state index is 6.24. The van der Waals surface area contributed by atoms with Gasteiger partial charge in [0.2, 0.25) is 0 Å². The number of thiophene rings is 1. The van der Waals surface area contributed by atoms with Crippen molar-refractivity contribution in [1.29, 1.82) is 0 Å². The zero-order valence-corrected chi connectivity index (χ0v) is 9.43. The maximum Gasteiger partial charge on any atom is 0.0681 e. The summed E-state index contributed by atoms with van der Waals surface area (Å²) in [5.74, 6) is 0. The quantitative estimate of drug-likeness (QED) is 0.636. The van der Waals surface area contributed by atoms with Gasteiger partial charge in [-0.05, 0) is 31.9 Å². The van der Waals surface area contributed by atoms with E-state index in [-0.39, 0.29) is 5.38 Å². The number of hydrogen-bond donors (Lipinski definition) is 0. The fourth-order valence-electron chi connectivity index (χ4n) is 1.35. The topological polar surface area (TPSA) is 0 Å². The molecule has 0 amide bonds. The molecule has 0 N–H and O–H groups in total. The van der Waals surface area contributed by atoms with E-state index in [1.807, 2.05) is 11.3 Å². The largest absolute Gasteiger partial charge is 0.144 e. The molecule has 1 aromatic rings. The minimum Gasteiger partial charge on any atom is -0.144 e. The average molecular weight is 203 g/mol. The van der Waals surface area contributed by atoms with E-state index in [9.17, 15) is 0 Å². The zero-order valence-electron chi connectivity index (χ0n) is 7.86. The molecule has 0 bridgehead atoms. The molecule has 1 heterocycles. The number of hydrogen-bond acceptors (Lipinski definition) is 1. The van der Waals surface area contributed by atoms with Crippen molar-refractivity contribution in [3.8, 4) is 0 Å². The summed E-state index contributed by atoms with van der Waals surface area (Å²) in [7, 11) is 0. The normalized spacial score (nSPS) is 13.3. The maximum atomic E-state index is 6.24. The number of rotatable bonds is 3. The van der Waals surface area contributed by atoms with Crippen LogP contribution < -0.4 is 0 Å². The van der Waals surface area contributed by atoms with Gasteiger partial charge in [-0.1, -0.05) is 13.3 Å². The molecule has 0 nitrogen and oxygen atoms in total. The first-order chi connectivity index (χ1) is 5.65. The van der Waals surface area contributed by atoms with Gasteiger partial charge in [0.15, 0.2) is 0 Å². The minimum atomic E-state index is 0.230. The molecule has 1 rings (SSSR count). The Morgan fingerprint density at radius 3 is 2.58 bits per heavy atom. The Bertz CT molecular complexity index is 252. The van der Waals surface area contributed by atoms with Gasteiger partial charge in [0, 0.05) is 9.75 Å². The molecule has 0 aliphatic heterocycles. The summed E-state index contributed by atoms with van der Waals surface area (Å²) in [5.41, 5.74) is 1.35. The predicted octanol–water partition coefficient (Wildman–Crippen LogP) is 4.44. The van der Waals surface area contributed by atoms with Crippen LogP contribution in [0.25, 0.3) is 0 Å². The van der Waals surface area contributed by atoms with E-state index in [0.717, 1.165) is 12.8 Å². The number of aryl methyl sites for hydroxylation is 2. The highest BCUT2D eigenvalue weighted by molar-refractivity contribution is 7.12. The van der Waals surface area contributed by atoms with Gasteiger partial charge in [0.1, 0.15) is 0 Å². The molecule has 0 saturated heterocycles. The molecule has 0 radical (unpaired) electrons. The molecular weight excluding hydrogens is 188 g/mol. The van der Waals surface area contributed by atoms with Crippen molar-refractivity contribution in [3.05, 3.63) is 21.4 Å². The Morgan fingerprint density at radius 1 is 1.50 bits per heavy atom. The molecule has 2 heteroatoms. The number of halogens is 1. The van der Waals surface area contributed by atoms with Crippen LogP contribution in [0.1, 0.15) is 40.5 Å². The van der Waals surface area contributed by atoms with Crippen LogP contribution in [0.5, 0.6) is 0 Å². The second kappa shape index (κ2) is 4.29. The summed E-state index contributed by atoms with van der Waals surface area (Å²) in [6.07, 6.45) is 2.24. The summed E-state index contributed by atoms with van der Waals surface area (Å²) in [6.45, 7) is 6.45. The molecule has 0 fully saturated rings. The Morgan fingerprint density at radius 2 is 2.17 bits per heavy atom. The Labute approximate surface area is 83.6 Å². The highest BCUT2D eigenvalue weighted by Crippen LogP contribution is 2.34. The molecule has 0 saturated carbocycles. The molecule has 1 aromatic heterocycles. The van der Waals surface area contributed by atoms with Crippen molar-refractivity contribution in [2.75, 3.05) is 0 Å². The second-order valence-electron chi connectivity index (χ2n) is 3.16. The molecule has 0 aliphatic rings. The van der Waals surface area contributed by atoms with Crippen LogP contribution in [0.3, 0.4) is 0 Å². The average Bonchev–Trinajstić information content (AvgIpc) is 2.30. The minimum absolute atomic E-state index is 0.230. The lowest BCUT2D eigenvalue weighted by molar-refractivity contribution is 0.777. The smallest absolute Gasteiger partial charge is 0.0681 e. The lowest BCUT2D eigenvalue weighted by atomic mass is 10.1. The van der Waals surface area contributed by atoms with Crippen LogP contribution >= 0.6 is 22.9 Å². The lowest BCUT2D eigenvalue weighted by Crippen LogP contribution is -1.87. The standard InChI is InChI=1S/C10H15ClS/c1-4-5-9(11)10-7(2)6-8(3)12-10/h6,9H,4-5H2,1-3H3. The van der Waals surface area contributed by atoms with Crippen molar-refractivity contribution in [2.24, 2.45) is 0 Å². The van der Waals surface area contributed by atoms with E-state index in [4.69, 9.17) is 11.6 Å². The summed E-state index contributed by atoms with van der Waals surface area (Å²) in [5, 5.41) is 0.230. The lowest BCUT2D eigenvalue weighted by Gasteiger charge is -2.05. The van der Waals surface area contributed by atoms with E-state index in [0.29, 0.717) is 0 Å². The van der Waals surface area contributed by atoms with E-state index >= 15 is 0 Å². The van der Waals surface area contributed by atoms with E-state index in [1.54, 1.807) is 0 Å². The second-order valence-corrected chi connectivity index (χ2v) is 4.98. The first kappa shape index (κ1) is 10.1. The molecule has 0 aliphatic carbocycles. The number of alkyl halides is 1. The zero-order chi connectivity index (χ0) is 9.14.